The lowest BCUT2D eigenvalue weighted by molar-refractivity contribution is 0.103. The quantitative estimate of drug-likeness (QED) is 0.489. The minimum atomic E-state index is -0.428. The van der Waals surface area contributed by atoms with Crippen LogP contribution in [0, 0.1) is 6.92 Å². The van der Waals surface area contributed by atoms with Crippen molar-refractivity contribution in [2.75, 3.05) is 0 Å². The number of aryl methyl sites for hydroxylation is 1. The molecule has 0 aliphatic rings. The average Bonchev–Trinajstić information content (AvgIpc) is 2.36. The van der Waals surface area contributed by atoms with Gasteiger partial charge in [0.05, 0.1) is 0 Å². The summed E-state index contributed by atoms with van der Waals surface area (Å²) in [4.78, 5) is 12.2. The van der Waals surface area contributed by atoms with Crippen LogP contribution in [-0.2, 0) is 0 Å². The summed E-state index contributed by atoms with van der Waals surface area (Å²) in [5.41, 5.74) is 0.872. The molecule has 0 heterocycles. The van der Waals surface area contributed by atoms with E-state index in [-0.39, 0.29) is 22.6 Å². The summed E-state index contributed by atoms with van der Waals surface area (Å²) in [5.74, 6) is -1.84. The summed E-state index contributed by atoms with van der Waals surface area (Å²) < 4.78 is 0. The number of phenols is 4. The molecule has 5 nitrogen and oxygen atoms in total. The van der Waals surface area contributed by atoms with E-state index in [1.54, 1.807) is 6.92 Å². The van der Waals surface area contributed by atoms with Gasteiger partial charge in [0.15, 0.2) is 28.8 Å². The topological polar surface area (TPSA) is 98.0 Å². The third-order valence-electron chi connectivity index (χ3n) is 2.80. The lowest BCUT2D eigenvalue weighted by Crippen LogP contribution is -2.03. The molecule has 0 atom stereocenters. The van der Waals surface area contributed by atoms with Gasteiger partial charge in [-0.3, -0.25) is 4.79 Å². The highest BCUT2D eigenvalue weighted by Gasteiger charge is 2.16. The standard InChI is InChI=1S/C14H12O5/c1-7-4-11(16)13(18)6-9(7)14(19)8-2-3-10(15)12(17)5-8/h2-6,15-18H,1H3. The zero-order valence-electron chi connectivity index (χ0n) is 10.1. The van der Waals surface area contributed by atoms with Crippen molar-refractivity contribution in [2.45, 2.75) is 6.92 Å². The van der Waals surface area contributed by atoms with E-state index in [0.717, 1.165) is 12.1 Å². The number of ketones is 1. The SMILES string of the molecule is Cc1cc(O)c(O)cc1C(=O)c1ccc(O)c(O)c1. The number of phenolic OH excluding ortho intramolecular Hbond substituents is 4. The Bertz CT molecular complexity index is 661. The number of rotatable bonds is 2. The van der Waals surface area contributed by atoms with Crippen molar-refractivity contribution in [3.63, 3.8) is 0 Å². The number of aromatic hydroxyl groups is 4. The Labute approximate surface area is 109 Å². The smallest absolute Gasteiger partial charge is 0.193 e. The van der Waals surface area contributed by atoms with Crippen LogP contribution in [0.5, 0.6) is 23.0 Å². The van der Waals surface area contributed by atoms with Crippen molar-refractivity contribution in [2.24, 2.45) is 0 Å². The molecule has 0 spiro atoms. The molecule has 0 radical (unpaired) electrons. The Morgan fingerprint density at radius 2 is 1.42 bits per heavy atom. The van der Waals surface area contributed by atoms with Gasteiger partial charge in [0.2, 0.25) is 0 Å². The van der Waals surface area contributed by atoms with Crippen molar-refractivity contribution < 1.29 is 25.2 Å². The Kier molecular flexibility index (Phi) is 3.04. The van der Waals surface area contributed by atoms with E-state index in [0.29, 0.717) is 5.56 Å². The second-order valence-electron chi connectivity index (χ2n) is 4.19. The maximum atomic E-state index is 12.2. The molecule has 98 valence electrons. The van der Waals surface area contributed by atoms with E-state index < -0.39 is 17.3 Å². The molecule has 0 saturated heterocycles. The number of hydrogen-bond acceptors (Lipinski definition) is 5. The van der Waals surface area contributed by atoms with Gasteiger partial charge in [0.25, 0.3) is 0 Å². The number of benzene rings is 2. The lowest BCUT2D eigenvalue weighted by Gasteiger charge is -2.08. The van der Waals surface area contributed by atoms with E-state index in [4.69, 9.17) is 0 Å². The van der Waals surface area contributed by atoms with E-state index in [1.165, 1.54) is 18.2 Å². The van der Waals surface area contributed by atoms with Crippen molar-refractivity contribution in [1.82, 2.24) is 0 Å². The summed E-state index contributed by atoms with van der Waals surface area (Å²) in [6, 6.07) is 6.15. The summed E-state index contributed by atoms with van der Waals surface area (Å²) in [5, 5.41) is 37.3. The highest BCUT2D eigenvalue weighted by atomic mass is 16.3. The van der Waals surface area contributed by atoms with E-state index >= 15 is 0 Å². The molecule has 4 N–H and O–H groups in total. The molecule has 0 bridgehead atoms. The van der Waals surface area contributed by atoms with Gasteiger partial charge in [-0.25, -0.2) is 0 Å². The van der Waals surface area contributed by atoms with E-state index in [1.807, 2.05) is 0 Å². The molecule has 0 unspecified atom stereocenters. The predicted octanol–water partition coefficient (Wildman–Crippen LogP) is 2.05. The second-order valence-corrected chi connectivity index (χ2v) is 4.19. The fourth-order valence-corrected chi connectivity index (χ4v) is 1.75. The minimum Gasteiger partial charge on any atom is -0.504 e. The first-order valence-corrected chi connectivity index (χ1v) is 5.49. The fourth-order valence-electron chi connectivity index (χ4n) is 1.75. The summed E-state index contributed by atoms with van der Waals surface area (Å²) in [7, 11) is 0. The zero-order chi connectivity index (χ0) is 14.2. The predicted molar refractivity (Wildman–Crippen MR) is 67.7 cm³/mol. The molecule has 0 amide bonds. The Balaban J connectivity index is 2.49. The van der Waals surface area contributed by atoms with E-state index in [9.17, 15) is 25.2 Å². The van der Waals surface area contributed by atoms with Crippen LogP contribution in [0.1, 0.15) is 21.5 Å². The normalized spacial score (nSPS) is 10.4. The third-order valence-corrected chi connectivity index (χ3v) is 2.80. The van der Waals surface area contributed by atoms with E-state index in [2.05, 4.69) is 0 Å². The maximum absolute atomic E-state index is 12.2. The molecule has 2 aromatic rings. The van der Waals surface area contributed by atoms with Crippen molar-refractivity contribution >= 4 is 5.78 Å². The Hall–Kier alpha value is -2.69. The molecule has 0 aromatic heterocycles. The molecule has 5 heteroatoms. The van der Waals surface area contributed by atoms with Crippen LogP contribution in [0.3, 0.4) is 0 Å². The van der Waals surface area contributed by atoms with Gasteiger partial charge in [0, 0.05) is 11.1 Å². The van der Waals surface area contributed by atoms with Crippen LogP contribution < -0.4 is 0 Å². The monoisotopic (exact) mass is 260 g/mol. The van der Waals surface area contributed by atoms with Crippen LogP contribution in [0.25, 0.3) is 0 Å². The van der Waals surface area contributed by atoms with Gasteiger partial charge < -0.3 is 20.4 Å². The number of carbonyl (C=O) groups excluding carboxylic acids is 1. The third kappa shape index (κ3) is 2.30. The molecule has 0 aliphatic heterocycles. The van der Waals surface area contributed by atoms with Gasteiger partial charge in [-0.05, 0) is 42.8 Å². The Morgan fingerprint density at radius 3 is 2.05 bits per heavy atom. The van der Waals surface area contributed by atoms with Crippen LogP contribution in [0.2, 0.25) is 0 Å². The number of hydrogen-bond donors (Lipinski definition) is 4. The molecule has 0 saturated carbocycles. The van der Waals surface area contributed by atoms with Crippen LogP contribution in [0.15, 0.2) is 30.3 Å². The first kappa shape index (κ1) is 12.8. The molecule has 0 aliphatic carbocycles. The fraction of sp³-hybridized carbons (Fsp3) is 0.0714. The molecule has 0 fully saturated rings. The van der Waals surface area contributed by atoms with Crippen molar-refractivity contribution in [3.05, 3.63) is 47.0 Å². The van der Waals surface area contributed by atoms with Gasteiger partial charge in [0.1, 0.15) is 0 Å². The molecular formula is C14H12O5. The van der Waals surface area contributed by atoms with Gasteiger partial charge in [-0.2, -0.15) is 0 Å². The summed E-state index contributed by atoms with van der Waals surface area (Å²) in [6.07, 6.45) is 0. The first-order valence-electron chi connectivity index (χ1n) is 5.49. The van der Waals surface area contributed by atoms with Gasteiger partial charge in [-0.15, -0.1) is 0 Å². The van der Waals surface area contributed by atoms with Crippen molar-refractivity contribution in [3.8, 4) is 23.0 Å². The van der Waals surface area contributed by atoms with Gasteiger partial charge >= 0.3 is 0 Å². The molecule has 2 aromatic carbocycles. The maximum Gasteiger partial charge on any atom is 0.193 e. The zero-order valence-corrected chi connectivity index (χ0v) is 10.1. The highest BCUT2D eigenvalue weighted by Crippen LogP contribution is 2.31. The molecular weight excluding hydrogens is 248 g/mol. The summed E-state index contributed by atoms with van der Waals surface area (Å²) in [6.45, 7) is 1.62. The largest absolute Gasteiger partial charge is 0.504 e. The minimum absolute atomic E-state index is 0.170. The van der Waals surface area contributed by atoms with Crippen LogP contribution in [0.4, 0.5) is 0 Å². The molecule has 2 rings (SSSR count). The second kappa shape index (κ2) is 4.53. The number of carbonyl (C=O) groups is 1. The van der Waals surface area contributed by atoms with Crippen LogP contribution in [-0.4, -0.2) is 26.2 Å². The van der Waals surface area contributed by atoms with Gasteiger partial charge in [-0.1, -0.05) is 0 Å². The highest BCUT2D eigenvalue weighted by molar-refractivity contribution is 6.10. The first-order chi connectivity index (χ1) is 8.90. The summed E-state index contributed by atoms with van der Waals surface area (Å²) >= 11 is 0. The van der Waals surface area contributed by atoms with Crippen LogP contribution >= 0.6 is 0 Å². The van der Waals surface area contributed by atoms with Crippen molar-refractivity contribution in [1.29, 1.82) is 0 Å². The Morgan fingerprint density at radius 1 is 0.842 bits per heavy atom. The lowest BCUT2D eigenvalue weighted by atomic mass is 9.98. The molecule has 19 heavy (non-hydrogen) atoms. The average molecular weight is 260 g/mol.